The fourth-order valence-electron chi connectivity index (χ4n) is 3.93. The van der Waals surface area contributed by atoms with Gasteiger partial charge in [0.1, 0.15) is 11.4 Å². The van der Waals surface area contributed by atoms with Crippen LogP contribution in [0.1, 0.15) is 33.3 Å². The summed E-state index contributed by atoms with van der Waals surface area (Å²) in [5.74, 6) is -0.717. The lowest BCUT2D eigenvalue weighted by Gasteiger charge is -2.25. The fourth-order valence-corrected chi connectivity index (χ4v) is 4.42. The largest absolute Gasteiger partial charge is 0.450 e. The molecule has 1 aliphatic heterocycles. The van der Waals surface area contributed by atoms with Gasteiger partial charge in [0, 0.05) is 16.0 Å². The molecule has 1 atom stereocenters. The van der Waals surface area contributed by atoms with Crippen LogP contribution in [0.4, 0.5) is 4.39 Å². The van der Waals surface area contributed by atoms with Crippen molar-refractivity contribution in [1.82, 2.24) is 4.90 Å². The van der Waals surface area contributed by atoms with Crippen LogP contribution < -0.4 is 5.43 Å². The van der Waals surface area contributed by atoms with Gasteiger partial charge in [-0.3, -0.25) is 9.59 Å². The zero-order valence-corrected chi connectivity index (χ0v) is 18.3. The lowest BCUT2D eigenvalue weighted by Crippen LogP contribution is -2.29. The standard InChI is InChI=1S/C24H14BrClFNO3/c25-15-5-10-19-18(11-15)22(29)20-21(14-3-6-16(26)7-4-14)28(24(30)23(20)31-19)12-13-1-8-17(27)9-2-13/h1-11,21H,12H2/t21-/m0/s1. The highest BCUT2D eigenvalue weighted by Crippen LogP contribution is 2.39. The van der Waals surface area contributed by atoms with Gasteiger partial charge in [0.2, 0.25) is 5.76 Å². The predicted octanol–water partition coefficient (Wildman–Crippen LogP) is 6.09. The van der Waals surface area contributed by atoms with E-state index in [-0.39, 0.29) is 29.5 Å². The monoisotopic (exact) mass is 497 g/mol. The second-order valence-electron chi connectivity index (χ2n) is 7.33. The van der Waals surface area contributed by atoms with E-state index >= 15 is 0 Å². The second-order valence-corrected chi connectivity index (χ2v) is 8.68. The third-order valence-corrected chi connectivity index (χ3v) is 6.12. The topological polar surface area (TPSA) is 50.5 Å². The number of nitrogens with zero attached hydrogens (tertiary/aromatic N) is 1. The molecule has 0 aliphatic carbocycles. The molecule has 1 aliphatic rings. The first-order valence-electron chi connectivity index (χ1n) is 9.49. The molecule has 0 saturated heterocycles. The number of carbonyl (C=O) groups excluding carboxylic acids is 1. The summed E-state index contributed by atoms with van der Waals surface area (Å²) in [5.41, 5.74) is 1.85. The normalized spacial score (nSPS) is 15.5. The van der Waals surface area contributed by atoms with E-state index in [0.717, 1.165) is 15.6 Å². The average Bonchev–Trinajstić information content (AvgIpc) is 3.03. The van der Waals surface area contributed by atoms with Crippen molar-refractivity contribution in [2.45, 2.75) is 12.6 Å². The molecule has 2 heterocycles. The van der Waals surface area contributed by atoms with Crippen LogP contribution in [0.25, 0.3) is 11.0 Å². The van der Waals surface area contributed by atoms with Crippen LogP contribution in [-0.4, -0.2) is 10.8 Å². The van der Waals surface area contributed by atoms with Crippen LogP contribution >= 0.6 is 27.5 Å². The van der Waals surface area contributed by atoms with Gasteiger partial charge in [0.25, 0.3) is 5.91 Å². The number of amides is 1. The minimum atomic E-state index is -0.649. The van der Waals surface area contributed by atoms with Gasteiger partial charge < -0.3 is 9.32 Å². The molecule has 4 nitrogen and oxygen atoms in total. The molecule has 31 heavy (non-hydrogen) atoms. The number of rotatable bonds is 3. The van der Waals surface area contributed by atoms with Crippen LogP contribution in [0.15, 0.2) is 80.4 Å². The van der Waals surface area contributed by atoms with Gasteiger partial charge in [-0.25, -0.2) is 4.39 Å². The maximum atomic E-state index is 13.5. The Morgan fingerprint density at radius 1 is 1.00 bits per heavy atom. The van der Waals surface area contributed by atoms with Crippen molar-refractivity contribution < 1.29 is 13.6 Å². The van der Waals surface area contributed by atoms with Gasteiger partial charge in [-0.1, -0.05) is 51.8 Å². The Bertz CT molecular complexity index is 1380. The third-order valence-electron chi connectivity index (χ3n) is 5.38. The van der Waals surface area contributed by atoms with E-state index in [1.807, 2.05) is 0 Å². The van der Waals surface area contributed by atoms with Crippen molar-refractivity contribution >= 4 is 44.4 Å². The van der Waals surface area contributed by atoms with Gasteiger partial charge >= 0.3 is 0 Å². The quantitative estimate of drug-likeness (QED) is 0.343. The Morgan fingerprint density at radius 2 is 1.71 bits per heavy atom. The highest BCUT2D eigenvalue weighted by Gasteiger charge is 2.42. The Kier molecular flexibility index (Phi) is 4.91. The van der Waals surface area contributed by atoms with E-state index < -0.39 is 6.04 Å². The molecule has 0 saturated carbocycles. The highest BCUT2D eigenvalue weighted by atomic mass is 79.9. The average molecular weight is 499 g/mol. The van der Waals surface area contributed by atoms with E-state index in [1.165, 1.54) is 12.1 Å². The van der Waals surface area contributed by atoms with Crippen molar-refractivity contribution in [2.24, 2.45) is 0 Å². The minimum absolute atomic E-state index is 0.0295. The Labute approximate surface area is 190 Å². The molecule has 0 fully saturated rings. The summed E-state index contributed by atoms with van der Waals surface area (Å²) in [7, 11) is 0. The van der Waals surface area contributed by atoms with Crippen molar-refractivity contribution in [2.75, 3.05) is 0 Å². The van der Waals surface area contributed by atoms with Crippen molar-refractivity contribution in [3.8, 4) is 0 Å². The molecule has 0 bridgehead atoms. The molecule has 0 N–H and O–H groups in total. The van der Waals surface area contributed by atoms with Crippen molar-refractivity contribution in [3.63, 3.8) is 0 Å². The molecule has 4 aromatic rings. The Balaban J connectivity index is 1.72. The SMILES string of the molecule is O=C1c2oc3ccc(Br)cc3c(=O)c2[C@H](c2ccc(Cl)cc2)N1Cc1ccc(F)cc1. The molecule has 7 heteroatoms. The van der Waals surface area contributed by atoms with Gasteiger partial charge in [-0.2, -0.15) is 0 Å². The predicted molar refractivity (Wildman–Crippen MR) is 120 cm³/mol. The molecule has 0 unspecified atom stereocenters. The smallest absolute Gasteiger partial charge is 0.291 e. The summed E-state index contributed by atoms with van der Waals surface area (Å²) < 4.78 is 20.0. The molecular weight excluding hydrogens is 485 g/mol. The number of hydrogen-bond donors (Lipinski definition) is 0. The lowest BCUT2D eigenvalue weighted by molar-refractivity contribution is 0.0714. The van der Waals surface area contributed by atoms with Crippen LogP contribution in [0.5, 0.6) is 0 Å². The van der Waals surface area contributed by atoms with Gasteiger partial charge in [-0.05, 0) is 53.6 Å². The zero-order chi connectivity index (χ0) is 21.7. The van der Waals surface area contributed by atoms with E-state index in [2.05, 4.69) is 15.9 Å². The van der Waals surface area contributed by atoms with Crippen LogP contribution in [-0.2, 0) is 6.54 Å². The molecule has 5 rings (SSSR count). The van der Waals surface area contributed by atoms with E-state index in [1.54, 1.807) is 59.5 Å². The number of carbonyl (C=O) groups is 1. The van der Waals surface area contributed by atoms with Crippen LogP contribution in [0.3, 0.4) is 0 Å². The number of benzene rings is 3. The third kappa shape index (κ3) is 3.46. The zero-order valence-electron chi connectivity index (χ0n) is 15.9. The van der Waals surface area contributed by atoms with E-state index in [9.17, 15) is 14.0 Å². The first-order valence-corrected chi connectivity index (χ1v) is 10.7. The summed E-state index contributed by atoms with van der Waals surface area (Å²) in [6.45, 7) is 0.191. The minimum Gasteiger partial charge on any atom is -0.450 e. The first kappa shape index (κ1) is 20.0. The van der Waals surface area contributed by atoms with Crippen LogP contribution in [0.2, 0.25) is 5.02 Å². The van der Waals surface area contributed by atoms with Crippen molar-refractivity contribution in [3.05, 3.63) is 115 Å². The highest BCUT2D eigenvalue weighted by molar-refractivity contribution is 9.10. The van der Waals surface area contributed by atoms with E-state index in [4.69, 9.17) is 16.0 Å². The van der Waals surface area contributed by atoms with Gasteiger partial charge in [0.15, 0.2) is 5.43 Å². The molecule has 0 radical (unpaired) electrons. The molecule has 154 valence electrons. The molecule has 3 aromatic carbocycles. The molecule has 0 spiro atoms. The van der Waals surface area contributed by atoms with Gasteiger partial charge in [-0.15, -0.1) is 0 Å². The fraction of sp³-hybridized carbons (Fsp3) is 0.0833. The maximum Gasteiger partial charge on any atom is 0.291 e. The summed E-state index contributed by atoms with van der Waals surface area (Å²) >= 11 is 9.44. The first-order chi connectivity index (χ1) is 14.9. The maximum absolute atomic E-state index is 13.5. The molecule has 1 amide bonds. The number of fused-ring (bicyclic) bond motifs is 2. The number of hydrogen-bond acceptors (Lipinski definition) is 3. The second kappa shape index (κ2) is 7.62. The van der Waals surface area contributed by atoms with E-state index in [0.29, 0.717) is 21.6 Å². The Morgan fingerprint density at radius 3 is 2.42 bits per heavy atom. The number of halogens is 3. The van der Waals surface area contributed by atoms with Crippen molar-refractivity contribution in [1.29, 1.82) is 0 Å². The summed E-state index contributed by atoms with van der Waals surface area (Å²) in [5, 5.41) is 0.941. The van der Waals surface area contributed by atoms with Crippen LogP contribution in [0, 0.1) is 5.82 Å². The summed E-state index contributed by atoms with van der Waals surface area (Å²) in [4.78, 5) is 28.4. The Hall–Kier alpha value is -2.96. The summed E-state index contributed by atoms with van der Waals surface area (Å²) in [6, 6.07) is 17.4. The lowest BCUT2D eigenvalue weighted by atomic mass is 9.98. The van der Waals surface area contributed by atoms with Gasteiger partial charge in [0.05, 0.1) is 17.0 Å². The summed E-state index contributed by atoms with van der Waals surface area (Å²) in [6.07, 6.45) is 0. The molecular formula is C24H14BrClFNO3. The molecule has 1 aromatic heterocycles.